The molecule has 49 heavy (non-hydrogen) atoms. The van der Waals surface area contributed by atoms with Crippen molar-refractivity contribution in [2.24, 2.45) is 5.92 Å². The first-order chi connectivity index (χ1) is 24.0. The van der Waals surface area contributed by atoms with E-state index in [1.54, 1.807) is 13.2 Å². The lowest BCUT2D eigenvalue weighted by molar-refractivity contribution is -0.142. The highest BCUT2D eigenvalue weighted by Gasteiger charge is 2.67. The Balaban J connectivity index is 1.14. The summed E-state index contributed by atoms with van der Waals surface area (Å²) in [7, 11) is 1.64. The molecule has 2 aliphatic carbocycles. The molecule has 1 N–H and O–H groups in total. The smallest absolute Gasteiger partial charge is 0.222 e. The van der Waals surface area contributed by atoms with Gasteiger partial charge in [-0.05, 0) is 75.8 Å². The summed E-state index contributed by atoms with van der Waals surface area (Å²) in [5.41, 5.74) is 3.88. The van der Waals surface area contributed by atoms with Gasteiger partial charge < -0.3 is 19.5 Å². The molecular weight excluding hydrogens is 612 g/mol. The number of piperidine rings is 1. The Kier molecular flexibility index (Phi) is 9.82. The summed E-state index contributed by atoms with van der Waals surface area (Å²) in [6.45, 7) is 6.47. The highest BCUT2D eigenvalue weighted by atomic mass is 16.5. The summed E-state index contributed by atoms with van der Waals surface area (Å²) >= 11 is 0. The lowest BCUT2D eigenvalue weighted by atomic mass is 9.50. The van der Waals surface area contributed by atoms with Gasteiger partial charge in [0.2, 0.25) is 5.91 Å². The lowest BCUT2D eigenvalue weighted by Gasteiger charge is -2.60. The van der Waals surface area contributed by atoms with Crippen LogP contribution in [0.15, 0.2) is 79.4 Å². The van der Waals surface area contributed by atoms with Crippen molar-refractivity contribution in [3.63, 3.8) is 0 Å². The molecule has 3 aromatic rings. The van der Waals surface area contributed by atoms with Gasteiger partial charge in [0.05, 0.1) is 13.2 Å². The number of unbranched alkanes of at least 4 members (excludes halogenated alkanes) is 2. The van der Waals surface area contributed by atoms with Crippen molar-refractivity contribution in [1.29, 1.82) is 0 Å². The van der Waals surface area contributed by atoms with Crippen LogP contribution in [-0.2, 0) is 23.1 Å². The zero-order valence-electron chi connectivity index (χ0n) is 28.8. The molecule has 2 heterocycles. The SMILES string of the molecule is C=CCN1CC[C@]23c4c5c(O)cc(OC)c4O[C@H]2[C@@H](N(CCCCc2ccccc2)C(=O)CCCCC(=O)c2ccccc2)CC[C@H]3[C@H]1C5. The highest BCUT2D eigenvalue weighted by Crippen LogP contribution is 2.65. The van der Waals surface area contributed by atoms with Crippen LogP contribution in [-0.4, -0.2) is 71.5 Å². The maximum absolute atomic E-state index is 14.3. The number of nitrogens with zero attached hydrogens (tertiary/aromatic N) is 2. The van der Waals surface area contributed by atoms with Crippen LogP contribution in [0.1, 0.15) is 84.8 Å². The third-order valence-corrected chi connectivity index (χ3v) is 11.9. The molecule has 1 spiro atoms. The summed E-state index contributed by atoms with van der Waals surface area (Å²) in [5, 5.41) is 11.3. The van der Waals surface area contributed by atoms with Crippen LogP contribution in [0.2, 0.25) is 0 Å². The molecule has 3 aromatic carbocycles. The number of rotatable bonds is 15. The molecule has 258 valence electrons. The Morgan fingerprint density at radius 1 is 1.04 bits per heavy atom. The fourth-order valence-corrected chi connectivity index (χ4v) is 9.72. The number of carbonyl (C=O) groups is 2. The fraction of sp³-hybridized carbons (Fsp3) is 0.476. The number of methoxy groups -OCH3 is 1. The van der Waals surface area contributed by atoms with Crippen molar-refractivity contribution in [3.8, 4) is 17.2 Å². The standard InChI is InChI=1S/C42H50N2O5/c1-3-24-43-26-23-42-32-21-22-33(41(42)49-40-37(48-2)28-36(46)31(39(40)42)27-34(32)43)44(25-13-12-16-29-14-6-4-7-15-29)38(47)20-11-10-19-35(45)30-17-8-5-9-18-30/h3-9,14-15,17-18,28,32-34,41,46H,1,10-13,16,19-27H2,2H3/t32-,33-,34+,41-,42-/m0/s1. The van der Waals surface area contributed by atoms with E-state index in [2.05, 4.69) is 40.6 Å². The maximum Gasteiger partial charge on any atom is 0.222 e. The van der Waals surface area contributed by atoms with Crippen LogP contribution in [0, 0.1) is 5.92 Å². The number of likely N-dealkylation sites (tertiary alicyclic amines) is 1. The molecule has 1 saturated heterocycles. The maximum atomic E-state index is 14.3. The third-order valence-electron chi connectivity index (χ3n) is 11.9. The first kappa shape index (κ1) is 33.4. The predicted octanol–water partition coefficient (Wildman–Crippen LogP) is 7.29. The van der Waals surface area contributed by atoms with Gasteiger partial charge in [0, 0.05) is 60.1 Å². The second-order valence-corrected chi connectivity index (χ2v) is 14.4. The van der Waals surface area contributed by atoms with E-state index in [0.717, 1.165) is 80.5 Å². The fourth-order valence-electron chi connectivity index (χ4n) is 9.72. The minimum absolute atomic E-state index is 0.0803. The van der Waals surface area contributed by atoms with Crippen LogP contribution in [0.4, 0.5) is 0 Å². The largest absolute Gasteiger partial charge is 0.508 e. The Bertz CT molecular complexity index is 1660. The molecule has 1 amide bonds. The number of aromatic hydroxyl groups is 1. The molecule has 7 nitrogen and oxygen atoms in total. The first-order valence-electron chi connectivity index (χ1n) is 18.3. The zero-order chi connectivity index (χ0) is 34.0. The average Bonchev–Trinajstić information content (AvgIpc) is 3.47. The molecular formula is C42H50N2O5. The number of ether oxygens (including phenoxy) is 2. The number of Topliss-reactive ketones (excluding diaryl/α,β-unsaturated/α-hetero) is 1. The summed E-state index contributed by atoms with van der Waals surface area (Å²) in [5.74, 6) is 2.27. The number of aryl methyl sites for hydroxylation is 1. The van der Waals surface area contributed by atoms with Gasteiger partial charge in [-0.25, -0.2) is 0 Å². The Hall–Kier alpha value is -4.10. The van der Waals surface area contributed by atoms with E-state index in [-0.39, 0.29) is 41.0 Å². The molecule has 7 heteroatoms. The van der Waals surface area contributed by atoms with Crippen molar-refractivity contribution >= 4 is 11.7 Å². The molecule has 1 saturated carbocycles. The minimum Gasteiger partial charge on any atom is -0.508 e. The van der Waals surface area contributed by atoms with E-state index in [9.17, 15) is 14.7 Å². The number of ketones is 1. The number of carbonyl (C=O) groups excluding carboxylic acids is 2. The van der Waals surface area contributed by atoms with E-state index in [1.807, 2.05) is 42.5 Å². The van der Waals surface area contributed by atoms with Crippen molar-refractivity contribution in [1.82, 2.24) is 9.80 Å². The van der Waals surface area contributed by atoms with Crippen LogP contribution >= 0.6 is 0 Å². The Labute approximate surface area is 290 Å². The molecule has 4 aliphatic rings. The summed E-state index contributed by atoms with van der Waals surface area (Å²) < 4.78 is 12.9. The van der Waals surface area contributed by atoms with Gasteiger partial charge >= 0.3 is 0 Å². The summed E-state index contributed by atoms with van der Waals surface area (Å²) in [6, 6.07) is 21.9. The van der Waals surface area contributed by atoms with Gasteiger partial charge in [-0.15, -0.1) is 6.58 Å². The van der Waals surface area contributed by atoms with Gasteiger partial charge in [-0.1, -0.05) is 66.7 Å². The van der Waals surface area contributed by atoms with Gasteiger partial charge in [0.25, 0.3) is 0 Å². The van der Waals surface area contributed by atoms with E-state index in [1.165, 1.54) is 5.56 Å². The minimum atomic E-state index is -0.287. The van der Waals surface area contributed by atoms with Crippen LogP contribution in [0.3, 0.4) is 0 Å². The normalized spacial score (nSPS) is 24.8. The lowest BCUT2D eigenvalue weighted by Crippen LogP contribution is -2.69. The van der Waals surface area contributed by atoms with E-state index in [4.69, 9.17) is 9.47 Å². The predicted molar refractivity (Wildman–Crippen MR) is 191 cm³/mol. The zero-order valence-corrected chi connectivity index (χ0v) is 28.8. The van der Waals surface area contributed by atoms with E-state index >= 15 is 0 Å². The van der Waals surface area contributed by atoms with Gasteiger partial charge in [-0.3, -0.25) is 14.5 Å². The van der Waals surface area contributed by atoms with Gasteiger partial charge in [0.15, 0.2) is 17.3 Å². The molecule has 0 aromatic heterocycles. The van der Waals surface area contributed by atoms with Crippen LogP contribution < -0.4 is 9.47 Å². The number of phenolic OH excluding ortho intramolecular Hbond substituents is 1. The monoisotopic (exact) mass is 662 g/mol. The molecule has 0 radical (unpaired) electrons. The van der Waals surface area contributed by atoms with Crippen molar-refractivity contribution in [3.05, 3.63) is 102 Å². The molecule has 2 aliphatic heterocycles. The number of hydrogen-bond acceptors (Lipinski definition) is 6. The highest BCUT2D eigenvalue weighted by molar-refractivity contribution is 5.96. The van der Waals surface area contributed by atoms with Crippen molar-refractivity contribution in [2.75, 3.05) is 26.7 Å². The van der Waals surface area contributed by atoms with Crippen LogP contribution in [0.25, 0.3) is 0 Å². The number of phenols is 1. The van der Waals surface area contributed by atoms with E-state index in [0.29, 0.717) is 43.9 Å². The molecule has 0 unspecified atom stereocenters. The molecule has 2 fully saturated rings. The first-order valence-corrected chi connectivity index (χ1v) is 18.3. The average molecular weight is 663 g/mol. The van der Waals surface area contributed by atoms with Gasteiger partial charge in [-0.2, -0.15) is 0 Å². The number of benzene rings is 3. The molecule has 7 rings (SSSR count). The number of amides is 1. The Morgan fingerprint density at radius 3 is 2.55 bits per heavy atom. The second-order valence-electron chi connectivity index (χ2n) is 14.4. The summed E-state index contributed by atoms with van der Waals surface area (Å²) in [6.07, 6.45) is 10.5. The summed E-state index contributed by atoms with van der Waals surface area (Å²) in [4.78, 5) is 31.8. The Morgan fingerprint density at radius 2 is 1.80 bits per heavy atom. The molecule has 2 bridgehead atoms. The third kappa shape index (κ3) is 6.16. The molecule has 5 atom stereocenters. The van der Waals surface area contributed by atoms with Crippen molar-refractivity contribution in [2.45, 2.75) is 94.2 Å². The van der Waals surface area contributed by atoms with Crippen molar-refractivity contribution < 1.29 is 24.2 Å². The van der Waals surface area contributed by atoms with E-state index < -0.39 is 0 Å². The number of hydrogen-bond donors (Lipinski definition) is 1. The van der Waals surface area contributed by atoms with Gasteiger partial charge in [0.1, 0.15) is 11.9 Å². The topological polar surface area (TPSA) is 79.3 Å². The quantitative estimate of drug-likeness (QED) is 0.105. The second kappa shape index (κ2) is 14.4. The van der Waals surface area contributed by atoms with Crippen LogP contribution in [0.5, 0.6) is 17.2 Å².